The number of hydrogen-bond donors (Lipinski definition) is 1. The van der Waals surface area contributed by atoms with Crippen LogP contribution in [0.1, 0.15) is 33.1 Å². The van der Waals surface area contributed by atoms with Gasteiger partial charge in [0.05, 0.1) is 19.1 Å². The molecule has 2 fully saturated rings. The van der Waals surface area contributed by atoms with Crippen molar-refractivity contribution in [1.82, 2.24) is 0 Å². The molecule has 0 radical (unpaired) electrons. The molecule has 86 valence electrons. The van der Waals surface area contributed by atoms with Crippen molar-refractivity contribution in [2.45, 2.75) is 38.9 Å². The van der Waals surface area contributed by atoms with Crippen LogP contribution in [0.3, 0.4) is 0 Å². The number of hydrogen-bond acceptors (Lipinski definition) is 3. The summed E-state index contributed by atoms with van der Waals surface area (Å²) in [5, 5.41) is 8.92. The highest BCUT2D eigenvalue weighted by Crippen LogP contribution is 2.43. The van der Waals surface area contributed by atoms with Crippen molar-refractivity contribution in [2.75, 3.05) is 13.2 Å². The minimum absolute atomic E-state index is 0.0482. The summed E-state index contributed by atoms with van der Waals surface area (Å²) >= 11 is 0. The van der Waals surface area contributed by atoms with Gasteiger partial charge in [-0.3, -0.25) is 4.79 Å². The fourth-order valence-corrected chi connectivity index (χ4v) is 2.18. The van der Waals surface area contributed by atoms with E-state index in [2.05, 4.69) is 13.8 Å². The molecule has 4 heteroatoms. The van der Waals surface area contributed by atoms with E-state index < -0.39 is 11.8 Å². The Morgan fingerprint density at radius 2 is 1.93 bits per heavy atom. The molecule has 0 aromatic heterocycles. The zero-order chi connectivity index (χ0) is 11.1. The first-order valence-corrected chi connectivity index (χ1v) is 5.43. The van der Waals surface area contributed by atoms with Crippen LogP contribution in [0, 0.1) is 11.3 Å². The smallest absolute Gasteiger partial charge is 0.306 e. The molecule has 2 aliphatic rings. The first kappa shape index (κ1) is 10.9. The van der Waals surface area contributed by atoms with E-state index in [1.54, 1.807) is 0 Å². The third kappa shape index (κ3) is 2.16. The first-order valence-electron chi connectivity index (χ1n) is 5.43. The van der Waals surface area contributed by atoms with Gasteiger partial charge in [-0.25, -0.2) is 0 Å². The van der Waals surface area contributed by atoms with Gasteiger partial charge in [0.25, 0.3) is 0 Å². The zero-order valence-electron chi connectivity index (χ0n) is 9.28. The summed E-state index contributed by atoms with van der Waals surface area (Å²) in [5.74, 6) is -1.63. The van der Waals surface area contributed by atoms with Gasteiger partial charge in [-0.05, 0) is 6.42 Å². The van der Waals surface area contributed by atoms with Crippen LogP contribution in [0.2, 0.25) is 0 Å². The van der Waals surface area contributed by atoms with Crippen LogP contribution in [0.4, 0.5) is 0 Å². The summed E-state index contributed by atoms with van der Waals surface area (Å²) in [6.07, 6.45) is 1.87. The Morgan fingerprint density at radius 1 is 1.33 bits per heavy atom. The van der Waals surface area contributed by atoms with Gasteiger partial charge in [0, 0.05) is 18.3 Å². The van der Waals surface area contributed by atoms with E-state index in [0.717, 1.165) is 0 Å². The monoisotopic (exact) mass is 214 g/mol. The van der Waals surface area contributed by atoms with Crippen LogP contribution in [0.15, 0.2) is 0 Å². The van der Waals surface area contributed by atoms with Crippen molar-refractivity contribution in [3.05, 3.63) is 0 Å². The van der Waals surface area contributed by atoms with Crippen molar-refractivity contribution < 1.29 is 19.4 Å². The quantitative estimate of drug-likeness (QED) is 0.721. The number of ether oxygens (including phenoxy) is 2. The molecule has 1 aliphatic carbocycles. The molecule has 0 aromatic carbocycles. The van der Waals surface area contributed by atoms with E-state index in [4.69, 9.17) is 14.6 Å². The lowest BCUT2D eigenvalue weighted by Crippen LogP contribution is -2.46. The van der Waals surface area contributed by atoms with E-state index in [1.165, 1.54) is 0 Å². The predicted octanol–water partition coefficient (Wildman–Crippen LogP) is 1.64. The summed E-state index contributed by atoms with van der Waals surface area (Å²) < 4.78 is 11.5. The highest BCUT2D eigenvalue weighted by Gasteiger charge is 2.47. The Morgan fingerprint density at radius 3 is 2.40 bits per heavy atom. The maximum Gasteiger partial charge on any atom is 0.306 e. The average molecular weight is 214 g/mol. The van der Waals surface area contributed by atoms with Gasteiger partial charge in [-0.15, -0.1) is 0 Å². The normalized spacial score (nSPS) is 33.1. The molecule has 0 bridgehead atoms. The summed E-state index contributed by atoms with van der Waals surface area (Å²) in [4.78, 5) is 10.8. The number of rotatable bonds is 1. The average Bonchev–Trinajstić information content (AvgIpc) is 2.56. The van der Waals surface area contributed by atoms with Crippen LogP contribution >= 0.6 is 0 Å². The SMILES string of the molecule is CC1(C)COC2(CC[C@@H](C(=O)O)C2)OC1. The Balaban J connectivity index is 1.98. The number of carboxylic acid groups (broad SMARTS) is 1. The van der Waals surface area contributed by atoms with Gasteiger partial charge in [-0.1, -0.05) is 13.8 Å². The van der Waals surface area contributed by atoms with Gasteiger partial charge < -0.3 is 14.6 Å². The molecule has 1 aliphatic heterocycles. The lowest BCUT2D eigenvalue weighted by atomic mass is 9.94. The van der Waals surface area contributed by atoms with E-state index in [-0.39, 0.29) is 11.3 Å². The molecule has 1 saturated heterocycles. The van der Waals surface area contributed by atoms with Crippen molar-refractivity contribution >= 4 is 5.97 Å². The predicted molar refractivity (Wildman–Crippen MR) is 53.4 cm³/mol. The fourth-order valence-electron chi connectivity index (χ4n) is 2.18. The van der Waals surface area contributed by atoms with Gasteiger partial charge in [0.1, 0.15) is 0 Å². The molecule has 1 N–H and O–H groups in total. The molecule has 1 heterocycles. The summed E-state index contributed by atoms with van der Waals surface area (Å²) in [6.45, 7) is 5.48. The summed E-state index contributed by atoms with van der Waals surface area (Å²) in [5.41, 5.74) is 0.0482. The van der Waals surface area contributed by atoms with E-state index in [0.29, 0.717) is 32.5 Å². The highest BCUT2D eigenvalue weighted by atomic mass is 16.7. The number of carboxylic acids is 1. The molecule has 1 spiro atoms. The second-order valence-corrected chi connectivity index (χ2v) is 5.43. The third-order valence-electron chi connectivity index (χ3n) is 3.23. The third-order valence-corrected chi connectivity index (χ3v) is 3.23. The second kappa shape index (κ2) is 3.46. The molecule has 1 saturated carbocycles. The Bertz CT molecular complexity index is 262. The topological polar surface area (TPSA) is 55.8 Å². The lowest BCUT2D eigenvalue weighted by Gasteiger charge is -2.41. The molecular formula is C11H18O4. The van der Waals surface area contributed by atoms with Gasteiger partial charge in [0.15, 0.2) is 5.79 Å². The minimum Gasteiger partial charge on any atom is -0.481 e. The van der Waals surface area contributed by atoms with Crippen molar-refractivity contribution in [3.8, 4) is 0 Å². The maximum atomic E-state index is 10.8. The van der Waals surface area contributed by atoms with Gasteiger partial charge >= 0.3 is 5.97 Å². The van der Waals surface area contributed by atoms with Crippen LogP contribution < -0.4 is 0 Å². The molecule has 1 atom stereocenters. The first-order chi connectivity index (χ1) is 6.93. The summed E-state index contributed by atoms with van der Waals surface area (Å²) in [6, 6.07) is 0. The standard InChI is InChI=1S/C11H18O4/c1-10(2)6-14-11(15-7-10)4-3-8(5-11)9(12)13/h8H,3-7H2,1-2H3,(H,12,13)/t8-/m1/s1. The Hall–Kier alpha value is -0.610. The molecule has 0 unspecified atom stereocenters. The molecule has 4 nitrogen and oxygen atoms in total. The minimum atomic E-state index is -0.732. The molecule has 0 aromatic rings. The molecular weight excluding hydrogens is 196 g/mol. The van der Waals surface area contributed by atoms with Gasteiger partial charge in [0.2, 0.25) is 0 Å². The summed E-state index contributed by atoms with van der Waals surface area (Å²) in [7, 11) is 0. The zero-order valence-corrected chi connectivity index (χ0v) is 9.28. The van der Waals surface area contributed by atoms with Crippen molar-refractivity contribution in [1.29, 1.82) is 0 Å². The fraction of sp³-hybridized carbons (Fsp3) is 0.909. The van der Waals surface area contributed by atoms with Crippen LogP contribution in [-0.4, -0.2) is 30.1 Å². The maximum absolute atomic E-state index is 10.8. The van der Waals surface area contributed by atoms with E-state index >= 15 is 0 Å². The van der Waals surface area contributed by atoms with Gasteiger partial charge in [-0.2, -0.15) is 0 Å². The molecule has 15 heavy (non-hydrogen) atoms. The second-order valence-electron chi connectivity index (χ2n) is 5.43. The van der Waals surface area contributed by atoms with E-state index in [1.807, 2.05) is 0 Å². The Labute approximate surface area is 89.6 Å². The lowest BCUT2D eigenvalue weighted by molar-refractivity contribution is -0.295. The van der Waals surface area contributed by atoms with Crippen LogP contribution in [-0.2, 0) is 14.3 Å². The van der Waals surface area contributed by atoms with Crippen LogP contribution in [0.5, 0.6) is 0 Å². The van der Waals surface area contributed by atoms with E-state index in [9.17, 15) is 4.79 Å². The van der Waals surface area contributed by atoms with Crippen LogP contribution in [0.25, 0.3) is 0 Å². The van der Waals surface area contributed by atoms with Crippen molar-refractivity contribution in [2.24, 2.45) is 11.3 Å². The van der Waals surface area contributed by atoms with Crippen molar-refractivity contribution in [3.63, 3.8) is 0 Å². The molecule has 2 rings (SSSR count). The number of aliphatic carboxylic acids is 1. The number of carbonyl (C=O) groups is 1. The molecule has 0 amide bonds. The Kier molecular flexibility index (Phi) is 2.51. The highest BCUT2D eigenvalue weighted by molar-refractivity contribution is 5.70. The largest absolute Gasteiger partial charge is 0.481 e.